The lowest BCUT2D eigenvalue weighted by atomic mass is 10.0. The Kier molecular flexibility index (Phi) is 40.4. The Morgan fingerprint density at radius 3 is 1.21 bits per heavy atom. The summed E-state index contributed by atoms with van der Waals surface area (Å²) in [5.74, 6) is -6.71. The van der Waals surface area contributed by atoms with E-state index in [0.29, 0.717) is 0 Å². The molecule has 0 unspecified atom stereocenters. The van der Waals surface area contributed by atoms with Crippen molar-refractivity contribution in [2.75, 3.05) is 112 Å². The van der Waals surface area contributed by atoms with E-state index in [2.05, 4.69) is 47.9 Å². The number of hydrogen-bond donors (Lipinski definition) is 19. The van der Waals surface area contributed by atoms with Crippen molar-refractivity contribution in [2.24, 2.45) is 0 Å². The van der Waals surface area contributed by atoms with Crippen molar-refractivity contribution in [3.8, 4) is 0 Å². The van der Waals surface area contributed by atoms with Gasteiger partial charge in [0.05, 0.1) is 104 Å². The molecule has 0 spiro atoms. The third kappa shape index (κ3) is 40.0. The van der Waals surface area contributed by atoms with Gasteiger partial charge in [-0.05, 0) is 54.4 Å². The Hall–Kier alpha value is -6.06. The number of aliphatic hydroxyl groups excluding tert-OH is 10. The zero-order valence-electron chi connectivity index (χ0n) is 48.8. The molecule has 0 fully saturated rings. The topological polar surface area (TPSA) is 537 Å². The van der Waals surface area contributed by atoms with Crippen LogP contribution in [-0.4, -0.2) is 294 Å². The van der Waals surface area contributed by atoms with Gasteiger partial charge in [-0.3, -0.25) is 43.2 Å². The van der Waals surface area contributed by atoms with Crippen LogP contribution < -0.4 is 47.9 Å². The Bertz CT molecular complexity index is 2030. The number of ether oxygens (including phenoxy) is 6. The minimum absolute atomic E-state index is 0.0528. The Morgan fingerprint density at radius 1 is 0.376 bits per heavy atom. The molecule has 0 aromatic heterocycles. The van der Waals surface area contributed by atoms with Gasteiger partial charge in [0.15, 0.2) is 0 Å². The van der Waals surface area contributed by atoms with E-state index < -0.39 is 190 Å². The first-order chi connectivity index (χ1) is 39.8. The van der Waals surface area contributed by atoms with Crippen LogP contribution in [0.1, 0.15) is 73.6 Å². The smallest absolute Gasteiger partial charge is 0.408 e. The van der Waals surface area contributed by atoms with Gasteiger partial charge in [0.1, 0.15) is 59.9 Å². The molecule has 9 amide bonds. The number of amides is 9. The normalized spacial score (nSPS) is 15.1. The fourth-order valence-corrected chi connectivity index (χ4v) is 6.45. The number of carbonyl (C=O) groups excluding carboxylic acids is 10. The quantitative estimate of drug-likeness (QED) is 0.0199. The Morgan fingerprint density at radius 2 is 0.753 bits per heavy atom. The van der Waals surface area contributed by atoms with Crippen LogP contribution >= 0.6 is 0 Å². The zero-order chi connectivity index (χ0) is 64.7. The fourth-order valence-electron chi connectivity index (χ4n) is 6.45. The van der Waals surface area contributed by atoms with Crippen molar-refractivity contribution in [1.29, 1.82) is 0 Å². The van der Waals surface area contributed by atoms with Crippen LogP contribution in [0, 0.1) is 0 Å². The minimum atomic E-state index is -2.01. The number of nitrogens with one attached hydrogen (secondary N) is 9. The largest absolute Gasteiger partial charge is 0.460 e. The zero-order valence-corrected chi connectivity index (χ0v) is 48.8. The van der Waals surface area contributed by atoms with Crippen molar-refractivity contribution in [2.45, 2.75) is 146 Å². The van der Waals surface area contributed by atoms with Gasteiger partial charge in [-0.2, -0.15) is 0 Å². The number of hydrogen-bond acceptors (Lipinski definition) is 26. The summed E-state index contributed by atoms with van der Waals surface area (Å²) in [4.78, 5) is 125. The van der Waals surface area contributed by atoms with Gasteiger partial charge in [-0.15, -0.1) is 0 Å². The van der Waals surface area contributed by atoms with Crippen molar-refractivity contribution >= 4 is 59.3 Å². The highest BCUT2D eigenvalue weighted by Gasteiger charge is 2.33. The average molecular weight is 1230 g/mol. The predicted octanol–water partition coefficient (Wildman–Crippen LogP) is -9.59. The lowest BCUT2D eigenvalue weighted by molar-refractivity contribution is -0.155. The molecule has 10 atom stereocenters. The van der Waals surface area contributed by atoms with Crippen LogP contribution in [0.4, 0.5) is 4.79 Å². The molecule has 0 aliphatic heterocycles. The first-order valence-corrected chi connectivity index (χ1v) is 27.2. The molecule has 0 aliphatic rings. The maximum absolute atomic E-state index is 13.0. The SMILES string of the molecule is CC(C)(C)OC(=O)CC[C@H](NC(=O)OC(C)(C)C)C(=O)NCC(=O)NCC(=O)NCC(=O)NCC(=O)NCCOCCOCCOCCOCCC(=O)N[C@@H](CCC(=O)NC[C@H](O)[C@@H](O)[C@H](O)[C@H](O)CO)C(=O)NC[C@H](O)[C@@H](O)[C@H](O)[C@H](O)CO. The summed E-state index contributed by atoms with van der Waals surface area (Å²) in [6.07, 6.45) is -17.6. The molecular formula is C50H91N9O26. The van der Waals surface area contributed by atoms with Gasteiger partial charge in [-0.1, -0.05) is 0 Å². The van der Waals surface area contributed by atoms with E-state index in [1.165, 1.54) is 0 Å². The first-order valence-electron chi connectivity index (χ1n) is 27.2. The van der Waals surface area contributed by atoms with E-state index >= 15 is 0 Å². The fraction of sp³-hybridized carbons (Fsp3) is 0.800. The number of esters is 1. The molecule has 0 saturated carbocycles. The highest BCUT2D eigenvalue weighted by molar-refractivity contribution is 5.92. The number of aliphatic hydroxyl groups is 10. The molecule has 0 aliphatic carbocycles. The second-order valence-corrected chi connectivity index (χ2v) is 20.7. The Labute approximate surface area is 491 Å². The van der Waals surface area contributed by atoms with Crippen LogP contribution in [-0.2, 0) is 71.6 Å². The third-order valence-electron chi connectivity index (χ3n) is 10.9. The standard InChI is InChI=1S/C50H91N9O26/c1-49(2,3)84-41(72)10-8-30(59-48(79)85-50(4,5)6)47(78)57-26-40(71)55-25-39(70)54-24-38(69)53-23-37(68)51-12-14-81-16-18-83-20-19-82-17-15-80-13-11-36(67)58-29(46(77)56-22-32(63)43(74)45(76)34(65)28-61)7-9-35(66)52-21-31(62)42(73)44(75)33(64)27-60/h29-34,42-45,60-65,73-76H,7-28H2,1-6H3,(H,51,68)(H,52,66)(H,53,69)(H,54,70)(H,55,71)(H,56,77)(H,57,78)(H,58,67)(H,59,79)/t29-,30-,31-,32-,33+,34+,42+,43+,44+,45+/m0/s1. The van der Waals surface area contributed by atoms with Gasteiger partial charge < -0.3 is 127 Å². The van der Waals surface area contributed by atoms with Gasteiger partial charge in [0.2, 0.25) is 47.3 Å². The molecule has 19 N–H and O–H groups in total. The summed E-state index contributed by atoms with van der Waals surface area (Å²) >= 11 is 0. The van der Waals surface area contributed by atoms with Crippen LogP contribution in [0.3, 0.4) is 0 Å². The lowest BCUT2D eigenvalue weighted by Crippen LogP contribution is -2.53. The van der Waals surface area contributed by atoms with Crippen molar-refractivity contribution in [3.63, 3.8) is 0 Å². The average Bonchev–Trinajstić information content (AvgIpc) is 3.48. The highest BCUT2D eigenvalue weighted by atomic mass is 16.6. The summed E-state index contributed by atoms with van der Waals surface area (Å²) in [5, 5.41) is 118. The van der Waals surface area contributed by atoms with Crippen LogP contribution in [0.2, 0.25) is 0 Å². The summed E-state index contributed by atoms with van der Waals surface area (Å²) in [5.41, 5.74) is -1.67. The predicted molar refractivity (Wildman–Crippen MR) is 291 cm³/mol. The summed E-state index contributed by atoms with van der Waals surface area (Å²) in [6, 6.07) is -2.71. The van der Waals surface area contributed by atoms with Gasteiger partial charge in [0, 0.05) is 38.9 Å². The van der Waals surface area contributed by atoms with Crippen LogP contribution in [0.15, 0.2) is 0 Å². The maximum atomic E-state index is 13.0. The minimum Gasteiger partial charge on any atom is -0.460 e. The molecule has 0 bridgehead atoms. The molecule has 0 radical (unpaired) electrons. The molecular weight excluding hydrogens is 1140 g/mol. The van der Waals surface area contributed by atoms with Gasteiger partial charge >= 0.3 is 12.1 Å². The third-order valence-corrected chi connectivity index (χ3v) is 10.9. The lowest BCUT2D eigenvalue weighted by Gasteiger charge is -2.26. The Balaban J connectivity index is 4.46. The number of alkyl carbamates (subject to hydrolysis) is 1. The summed E-state index contributed by atoms with van der Waals surface area (Å²) < 4.78 is 32.0. The van der Waals surface area contributed by atoms with Crippen LogP contribution in [0.5, 0.6) is 0 Å². The molecule has 0 heterocycles. The van der Waals surface area contributed by atoms with E-state index in [9.17, 15) is 88.8 Å². The van der Waals surface area contributed by atoms with E-state index in [-0.39, 0.29) is 85.1 Å². The number of rotatable bonds is 45. The van der Waals surface area contributed by atoms with E-state index in [1.807, 2.05) is 0 Å². The van der Waals surface area contributed by atoms with E-state index in [0.717, 1.165) is 0 Å². The summed E-state index contributed by atoms with van der Waals surface area (Å²) in [6.45, 7) is 5.43. The molecule has 35 nitrogen and oxygen atoms in total. The molecule has 0 aromatic rings. The van der Waals surface area contributed by atoms with E-state index in [1.54, 1.807) is 41.5 Å². The van der Waals surface area contributed by atoms with Crippen molar-refractivity contribution in [1.82, 2.24) is 47.9 Å². The molecule has 0 saturated heterocycles. The first kappa shape index (κ1) is 78.9. The second-order valence-electron chi connectivity index (χ2n) is 20.7. The van der Waals surface area contributed by atoms with Gasteiger partial charge in [0.25, 0.3) is 0 Å². The molecule has 492 valence electrons. The van der Waals surface area contributed by atoms with E-state index in [4.69, 9.17) is 38.6 Å². The van der Waals surface area contributed by atoms with Crippen molar-refractivity contribution < 1.29 is 127 Å². The summed E-state index contributed by atoms with van der Waals surface area (Å²) in [7, 11) is 0. The van der Waals surface area contributed by atoms with Gasteiger partial charge in [-0.25, -0.2) is 4.79 Å². The molecule has 85 heavy (non-hydrogen) atoms. The monoisotopic (exact) mass is 1230 g/mol. The van der Waals surface area contributed by atoms with Crippen LogP contribution in [0.25, 0.3) is 0 Å². The molecule has 35 heteroatoms. The second kappa shape index (κ2) is 43.5. The number of carbonyl (C=O) groups is 10. The molecule has 0 rings (SSSR count). The maximum Gasteiger partial charge on any atom is 0.408 e. The van der Waals surface area contributed by atoms with Crippen molar-refractivity contribution in [3.05, 3.63) is 0 Å². The highest BCUT2D eigenvalue weighted by Crippen LogP contribution is 2.12. The molecule has 0 aromatic carbocycles.